The molecule has 0 saturated heterocycles. The van der Waals surface area contributed by atoms with E-state index in [2.05, 4.69) is 5.32 Å². The number of carbonyl (C=O) groups is 2. The van der Waals surface area contributed by atoms with Crippen LogP contribution in [0.4, 0.5) is 15.8 Å². The molecule has 0 bridgehead atoms. The lowest BCUT2D eigenvalue weighted by molar-refractivity contribution is -0.120. The minimum Gasteiger partial charge on any atom is -0.350 e. The predicted molar refractivity (Wildman–Crippen MR) is 117 cm³/mol. The van der Waals surface area contributed by atoms with Gasteiger partial charge >= 0.3 is 0 Å². The predicted octanol–water partition coefficient (Wildman–Crippen LogP) is 5.84. The van der Waals surface area contributed by atoms with Gasteiger partial charge in [-0.3, -0.25) is 9.59 Å². The molecule has 0 saturated carbocycles. The maximum atomic E-state index is 13.6. The number of imide groups is 1. The van der Waals surface area contributed by atoms with Gasteiger partial charge in [0.15, 0.2) is 0 Å². The van der Waals surface area contributed by atoms with Crippen molar-refractivity contribution in [2.75, 3.05) is 10.2 Å². The number of nitrogens with zero attached hydrogens (tertiary/aromatic N) is 1. The van der Waals surface area contributed by atoms with Crippen molar-refractivity contribution < 1.29 is 14.0 Å². The molecule has 3 aromatic carbocycles. The second-order valence-electron chi connectivity index (χ2n) is 6.70. The van der Waals surface area contributed by atoms with E-state index < -0.39 is 17.6 Å². The summed E-state index contributed by atoms with van der Waals surface area (Å²) in [6.45, 7) is 1.81. The number of hydrogen-bond acceptors (Lipinski definition) is 3. The van der Waals surface area contributed by atoms with Crippen LogP contribution in [0.5, 0.6) is 0 Å². The first-order chi connectivity index (χ1) is 14.4. The molecular formula is C23H15Cl2FN2O2. The fourth-order valence-electron chi connectivity index (χ4n) is 3.25. The normalized spacial score (nSPS) is 13.9. The zero-order valence-corrected chi connectivity index (χ0v) is 17.3. The zero-order chi connectivity index (χ0) is 21.4. The summed E-state index contributed by atoms with van der Waals surface area (Å²) in [5.74, 6) is -1.74. The Hall–Kier alpha value is -3.15. The molecule has 1 heterocycles. The van der Waals surface area contributed by atoms with Crippen LogP contribution in [-0.2, 0) is 9.59 Å². The summed E-state index contributed by atoms with van der Waals surface area (Å²) in [5.41, 5.74) is 2.42. The Morgan fingerprint density at radius 1 is 0.867 bits per heavy atom. The van der Waals surface area contributed by atoms with Gasteiger partial charge in [0, 0.05) is 10.7 Å². The van der Waals surface area contributed by atoms with Crippen LogP contribution < -0.4 is 10.2 Å². The summed E-state index contributed by atoms with van der Waals surface area (Å²) in [7, 11) is 0. The number of amides is 2. The molecule has 0 atom stereocenters. The smallest absolute Gasteiger partial charge is 0.282 e. The summed E-state index contributed by atoms with van der Waals surface area (Å²) >= 11 is 12.1. The van der Waals surface area contributed by atoms with Gasteiger partial charge in [0.2, 0.25) is 0 Å². The molecule has 1 N–H and O–H groups in total. The van der Waals surface area contributed by atoms with Crippen LogP contribution in [0.15, 0.2) is 72.4 Å². The molecule has 1 aliphatic rings. The van der Waals surface area contributed by atoms with E-state index >= 15 is 0 Å². The third kappa shape index (κ3) is 3.47. The highest BCUT2D eigenvalue weighted by atomic mass is 35.5. The molecule has 4 rings (SSSR count). The second kappa shape index (κ2) is 7.94. The number of carbonyl (C=O) groups excluding carboxylic acids is 2. The van der Waals surface area contributed by atoms with Gasteiger partial charge in [-0.2, -0.15) is 0 Å². The molecule has 4 nitrogen and oxygen atoms in total. The molecule has 1 aliphatic heterocycles. The number of anilines is 2. The maximum absolute atomic E-state index is 13.6. The van der Waals surface area contributed by atoms with E-state index in [1.165, 1.54) is 12.1 Å². The van der Waals surface area contributed by atoms with Crippen LogP contribution in [0.1, 0.15) is 11.1 Å². The SMILES string of the molecule is Cc1c(Cl)cccc1NC1=C(c2ccccc2)C(=O)N(c2ccc(F)c(Cl)c2)C1=O. The Balaban J connectivity index is 1.85. The van der Waals surface area contributed by atoms with Gasteiger partial charge < -0.3 is 5.32 Å². The van der Waals surface area contributed by atoms with Crippen LogP contribution >= 0.6 is 23.2 Å². The van der Waals surface area contributed by atoms with E-state index in [-0.39, 0.29) is 22.0 Å². The van der Waals surface area contributed by atoms with E-state index in [1.54, 1.807) is 42.5 Å². The standard InChI is InChI=1S/C23H15Cl2FN2O2/c1-13-16(24)8-5-9-19(13)27-21-20(14-6-3-2-4-7-14)22(29)28(23(21)30)15-10-11-18(26)17(25)12-15/h2-12,27H,1H3. The quantitative estimate of drug-likeness (QED) is 0.518. The third-order valence-electron chi connectivity index (χ3n) is 4.84. The first kappa shape index (κ1) is 20.1. The minimum atomic E-state index is -0.636. The summed E-state index contributed by atoms with van der Waals surface area (Å²) < 4.78 is 13.6. The van der Waals surface area contributed by atoms with E-state index in [4.69, 9.17) is 23.2 Å². The van der Waals surface area contributed by atoms with Gasteiger partial charge in [-0.1, -0.05) is 59.6 Å². The van der Waals surface area contributed by atoms with Gasteiger partial charge in [0.05, 0.1) is 16.3 Å². The monoisotopic (exact) mass is 440 g/mol. The lowest BCUT2D eigenvalue weighted by Gasteiger charge is -2.16. The molecule has 2 amide bonds. The first-order valence-electron chi connectivity index (χ1n) is 9.04. The first-order valence-corrected chi connectivity index (χ1v) is 9.79. The third-order valence-corrected chi connectivity index (χ3v) is 5.53. The highest BCUT2D eigenvalue weighted by molar-refractivity contribution is 6.46. The highest BCUT2D eigenvalue weighted by Crippen LogP contribution is 2.36. The van der Waals surface area contributed by atoms with Crippen molar-refractivity contribution in [3.63, 3.8) is 0 Å². The van der Waals surface area contributed by atoms with Crippen molar-refractivity contribution in [2.24, 2.45) is 0 Å². The molecule has 0 aromatic heterocycles. The van der Waals surface area contributed by atoms with E-state index in [0.717, 1.165) is 16.5 Å². The largest absolute Gasteiger partial charge is 0.350 e. The molecule has 0 unspecified atom stereocenters. The van der Waals surface area contributed by atoms with Crippen molar-refractivity contribution in [3.8, 4) is 0 Å². The molecule has 150 valence electrons. The summed E-state index contributed by atoms with van der Waals surface area (Å²) in [4.78, 5) is 27.6. The minimum absolute atomic E-state index is 0.108. The van der Waals surface area contributed by atoms with Crippen molar-refractivity contribution in [3.05, 3.63) is 99.4 Å². The van der Waals surface area contributed by atoms with E-state index in [0.29, 0.717) is 16.3 Å². The van der Waals surface area contributed by atoms with Gasteiger partial charge in [-0.15, -0.1) is 0 Å². The number of hydrogen-bond donors (Lipinski definition) is 1. The van der Waals surface area contributed by atoms with Crippen LogP contribution in [0, 0.1) is 12.7 Å². The molecule has 0 radical (unpaired) electrons. The molecule has 0 fully saturated rings. The Labute approximate surface area is 182 Å². The van der Waals surface area contributed by atoms with Crippen molar-refractivity contribution in [1.82, 2.24) is 0 Å². The van der Waals surface area contributed by atoms with Crippen LogP contribution in [0.2, 0.25) is 10.0 Å². The van der Waals surface area contributed by atoms with Crippen LogP contribution in [0.25, 0.3) is 5.57 Å². The summed E-state index contributed by atoms with van der Waals surface area (Å²) in [6.07, 6.45) is 0. The van der Waals surface area contributed by atoms with Gasteiger partial charge in [-0.25, -0.2) is 9.29 Å². The molecule has 0 aliphatic carbocycles. The van der Waals surface area contributed by atoms with E-state index in [1.807, 2.05) is 13.0 Å². The topological polar surface area (TPSA) is 49.4 Å². The van der Waals surface area contributed by atoms with Gasteiger partial charge in [0.25, 0.3) is 11.8 Å². The molecule has 0 spiro atoms. The summed E-state index contributed by atoms with van der Waals surface area (Å²) in [6, 6.07) is 17.8. The number of rotatable bonds is 4. The highest BCUT2D eigenvalue weighted by Gasteiger charge is 2.40. The van der Waals surface area contributed by atoms with Crippen molar-refractivity contribution >= 4 is 52.0 Å². The number of halogens is 3. The Bertz CT molecular complexity index is 1210. The van der Waals surface area contributed by atoms with E-state index in [9.17, 15) is 14.0 Å². The van der Waals surface area contributed by atoms with Crippen molar-refractivity contribution in [1.29, 1.82) is 0 Å². The van der Waals surface area contributed by atoms with Gasteiger partial charge in [-0.05, 0) is 48.4 Å². The number of nitrogens with one attached hydrogen (secondary N) is 1. The Kier molecular flexibility index (Phi) is 5.33. The van der Waals surface area contributed by atoms with Crippen LogP contribution in [-0.4, -0.2) is 11.8 Å². The zero-order valence-electron chi connectivity index (χ0n) is 15.7. The molecule has 3 aromatic rings. The number of benzene rings is 3. The van der Waals surface area contributed by atoms with Crippen LogP contribution in [0.3, 0.4) is 0 Å². The average molecular weight is 441 g/mol. The van der Waals surface area contributed by atoms with Gasteiger partial charge in [0.1, 0.15) is 11.5 Å². The lowest BCUT2D eigenvalue weighted by atomic mass is 10.0. The lowest BCUT2D eigenvalue weighted by Crippen LogP contribution is -2.32. The molecule has 7 heteroatoms. The molecular weight excluding hydrogens is 426 g/mol. The Morgan fingerprint density at radius 2 is 1.60 bits per heavy atom. The average Bonchev–Trinajstić information content (AvgIpc) is 2.98. The maximum Gasteiger partial charge on any atom is 0.282 e. The summed E-state index contributed by atoms with van der Waals surface area (Å²) in [5, 5.41) is 3.43. The fraction of sp³-hybridized carbons (Fsp3) is 0.0435. The molecule has 30 heavy (non-hydrogen) atoms. The fourth-order valence-corrected chi connectivity index (χ4v) is 3.60. The Morgan fingerprint density at radius 3 is 2.30 bits per heavy atom. The second-order valence-corrected chi connectivity index (χ2v) is 7.51. The van der Waals surface area contributed by atoms with Crippen molar-refractivity contribution in [2.45, 2.75) is 6.92 Å².